The fourth-order valence-electron chi connectivity index (χ4n) is 2.35. The number of nitrogens with zero attached hydrogens (tertiary/aromatic N) is 1. The Morgan fingerprint density at radius 3 is 2.71 bits per heavy atom. The van der Waals surface area contributed by atoms with Crippen molar-refractivity contribution in [2.75, 3.05) is 6.54 Å². The fourth-order valence-corrected chi connectivity index (χ4v) is 2.35. The normalized spacial score (nSPS) is 20.4. The Morgan fingerprint density at radius 2 is 2.06 bits per heavy atom. The van der Waals surface area contributed by atoms with Crippen molar-refractivity contribution in [3.63, 3.8) is 0 Å². The Labute approximate surface area is 101 Å². The molecular formula is C14H18FNO. The third kappa shape index (κ3) is 3.05. The smallest absolute Gasteiger partial charge is 0.227 e. The minimum atomic E-state index is -0.257. The van der Waals surface area contributed by atoms with Crippen molar-refractivity contribution in [1.29, 1.82) is 0 Å². The van der Waals surface area contributed by atoms with E-state index in [4.69, 9.17) is 0 Å². The zero-order valence-electron chi connectivity index (χ0n) is 10.2. The van der Waals surface area contributed by atoms with Crippen molar-refractivity contribution >= 4 is 5.91 Å². The van der Waals surface area contributed by atoms with Gasteiger partial charge in [0.25, 0.3) is 0 Å². The minimum absolute atomic E-state index is 0.156. The van der Waals surface area contributed by atoms with Gasteiger partial charge in [0, 0.05) is 12.6 Å². The molecule has 0 radical (unpaired) electrons. The summed E-state index contributed by atoms with van der Waals surface area (Å²) >= 11 is 0. The van der Waals surface area contributed by atoms with Gasteiger partial charge in [-0.2, -0.15) is 0 Å². The van der Waals surface area contributed by atoms with Crippen molar-refractivity contribution in [3.05, 3.63) is 35.6 Å². The first-order chi connectivity index (χ1) is 8.16. The molecule has 92 valence electrons. The van der Waals surface area contributed by atoms with Crippen LogP contribution in [0.3, 0.4) is 0 Å². The lowest BCUT2D eigenvalue weighted by Crippen LogP contribution is -2.42. The summed E-state index contributed by atoms with van der Waals surface area (Å²) in [5.41, 5.74) is 0.883. The highest BCUT2D eigenvalue weighted by Crippen LogP contribution is 2.17. The topological polar surface area (TPSA) is 20.3 Å². The van der Waals surface area contributed by atoms with E-state index in [1.807, 2.05) is 4.90 Å². The third-order valence-electron chi connectivity index (χ3n) is 3.39. The quantitative estimate of drug-likeness (QED) is 0.772. The highest BCUT2D eigenvalue weighted by atomic mass is 19.1. The molecule has 17 heavy (non-hydrogen) atoms. The van der Waals surface area contributed by atoms with E-state index < -0.39 is 0 Å². The average Bonchev–Trinajstić information content (AvgIpc) is 2.32. The second kappa shape index (κ2) is 5.30. The van der Waals surface area contributed by atoms with Crippen LogP contribution in [0.2, 0.25) is 0 Å². The molecule has 1 aliphatic heterocycles. The first kappa shape index (κ1) is 12.1. The molecule has 2 rings (SSSR count). The van der Waals surface area contributed by atoms with E-state index in [1.54, 1.807) is 12.1 Å². The molecule has 1 atom stereocenters. The molecule has 3 heteroatoms. The molecule has 1 aromatic carbocycles. The van der Waals surface area contributed by atoms with Gasteiger partial charge in [0.05, 0.1) is 6.42 Å². The lowest BCUT2D eigenvalue weighted by Gasteiger charge is -2.33. The molecule has 1 heterocycles. The summed E-state index contributed by atoms with van der Waals surface area (Å²) in [5, 5.41) is 0. The minimum Gasteiger partial charge on any atom is -0.340 e. The second-order valence-corrected chi connectivity index (χ2v) is 4.74. The number of carbonyl (C=O) groups excluding carboxylic acids is 1. The van der Waals surface area contributed by atoms with Crippen molar-refractivity contribution in [2.45, 2.75) is 38.6 Å². The van der Waals surface area contributed by atoms with Gasteiger partial charge in [0.2, 0.25) is 5.91 Å². The maximum atomic E-state index is 12.7. The van der Waals surface area contributed by atoms with Crippen LogP contribution in [-0.4, -0.2) is 23.4 Å². The van der Waals surface area contributed by atoms with Gasteiger partial charge in [-0.15, -0.1) is 0 Å². The Bertz CT molecular complexity index is 388. The third-order valence-corrected chi connectivity index (χ3v) is 3.39. The summed E-state index contributed by atoms with van der Waals surface area (Å²) in [6.45, 7) is 2.96. The molecule has 0 saturated carbocycles. The van der Waals surface area contributed by atoms with Crippen LogP contribution in [0, 0.1) is 5.82 Å². The van der Waals surface area contributed by atoms with Crippen molar-refractivity contribution in [3.8, 4) is 0 Å². The van der Waals surface area contributed by atoms with Crippen LogP contribution in [0.5, 0.6) is 0 Å². The van der Waals surface area contributed by atoms with E-state index in [2.05, 4.69) is 6.92 Å². The maximum Gasteiger partial charge on any atom is 0.227 e. The average molecular weight is 235 g/mol. The zero-order chi connectivity index (χ0) is 12.3. The maximum absolute atomic E-state index is 12.7. The molecule has 1 fully saturated rings. The van der Waals surface area contributed by atoms with Crippen LogP contribution in [0.1, 0.15) is 31.7 Å². The Balaban J connectivity index is 1.98. The summed E-state index contributed by atoms with van der Waals surface area (Å²) < 4.78 is 12.7. The lowest BCUT2D eigenvalue weighted by molar-refractivity contribution is -0.133. The van der Waals surface area contributed by atoms with Crippen LogP contribution >= 0.6 is 0 Å². The number of likely N-dealkylation sites (tertiary alicyclic amines) is 1. The molecule has 1 aliphatic rings. The number of amides is 1. The van der Waals surface area contributed by atoms with Crippen LogP contribution < -0.4 is 0 Å². The van der Waals surface area contributed by atoms with Gasteiger partial charge < -0.3 is 4.90 Å². The van der Waals surface area contributed by atoms with E-state index in [0.29, 0.717) is 12.5 Å². The van der Waals surface area contributed by atoms with Gasteiger partial charge in [0.1, 0.15) is 5.82 Å². The van der Waals surface area contributed by atoms with Gasteiger partial charge in [0.15, 0.2) is 0 Å². The van der Waals surface area contributed by atoms with Crippen LogP contribution in [0.25, 0.3) is 0 Å². The SMILES string of the molecule is C[C@H]1CCCCN1C(=O)Cc1ccc(F)cc1. The van der Waals surface area contributed by atoms with E-state index in [1.165, 1.54) is 18.6 Å². The summed E-state index contributed by atoms with van der Waals surface area (Å²) in [4.78, 5) is 14.0. The Kier molecular flexibility index (Phi) is 3.77. The van der Waals surface area contributed by atoms with Gasteiger partial charge in [-0.05, 0) is 43.9 Å². The molecular weight excluding hydrogens is 217 g/mol. The number of halogens is 1. The molecule has 0 aromatic heterocycles. The fraction of sp³-hybridized carbons (Fsp3) is 0.500. The summed E-state index contributed by atoms with van der Waals surface area (Å²) in [6.07, 6.45) is 3.78. The monoisotopic (exact) mass is 235 g/mol. The van der Waals surface area contributed by atoms with Gasteiger partial charge >= 0.3 is 0 Å². The van der Waals surface area contributed by atoms with Gasteiger partial charge in [-0.3, -0.25) is 4.79 Å². The molecule has 0 bridgehead atoms. The Hall–Kier alpha value is -1.38. The molecule has 0 spiro atoms. The van der Waals surface area contributed by atoms with Crippen molar-refractivity contribution in [2.24, 2.45) is 0 Å². The first-order valence-corrected chi connectivity index (χ1v) is 6.21. The predicted octanol–water partition coefficient (Wildman–Crippen LogP) is 2.77. The number of benzene rings is 1. The second-order valence-electron chi connectivity index (χ2n) is 4.74. The number of carbonyl (C=O) groups is 1. The van der Waals surface area contributed by atoms with E-state index in [9.17, 15) is 9.18 Å². The van der Waals surface area contributed by atoms with Crippen LogP contribution in [0.15, 0.2) is 24.3 Å². The highest BCUT2D eigenvalue weighted by Gasteiger charge is 2.22. The highest BCUT2D eigenvalue weighted by molar-refractivity contribution is 5.79. The zero-order valence-corrected chi connectivity index (χ0v) is 10.2. The van der Waals surface area contributed by atoms with Gasteiger partial charge in [-0.1, -0.05) is 12.1 Å². The number of hydrogen-bond acceptors (Lipinski definition) is 1. The molecule has 1 amide bonds. The molecule has 0 N–H and O–H groups in total. The summed E-state index contributed by atoms with van der Waals surface area (Å²) in [7, 11) is 0. The summed E-state index contributed by atoms with van der Waals surface area (Å²) in [6, 6.07) is 6.52. The molecule has 2 nitrogen and oxygen atoms in total. The summed E-state index contributed by atoms with van der Waals surface area (Å²) in [5.74, 6) is -0.101. The number of rotatable bonds is 2. The van der Waals surface area contributed by atoms with Crippen LogP contribution in [0.4, 0.5) is 4.39 Å². The van der Waals surface area contributed by atoms with E-state index in [-0.39, 0.29) is 11.7 Å². The molecule has 0 unspecified atom stereocenters. The molecule has 1 saturated heterocycles. The molecule has 1 aromatic rings. The number of piperidine rings is 1. The number of hydrogen-bond donors (Lipinski definition) is 0. The van der Waals surface area contributed by atoms with Crippen LogP contribution in [-0.2, 0) is 11.2 Å². The lowest BCUT2D eigenvalue weighted by atomic mass is 10.0. The van der Waals surface area contributed by atoms with E-state index in [0.717, 1.165) is 24.9 Å². The van der Waals surface area contributed by atoms with Crippen molar-refractivity contribution < 1.29 is 9.18 Å². The largest absolute Gasteiger partial charge is 0.340 e. The first-order valence-electron chi connectivity index (χ1n) is 6.21. The standard InChI is InChI=1S/C14H18FNO/c1-11-4-2-3-9-16(11)14(17)10-12-5-7-13(15)8-6-12/h5-8,11H,2-4,9-10H2,1H3/t11-/m0/s1. The van der Waals surface area contributed by atoms with Gasteiger partial charge in [-0.25, -0.2) is 4.39 Å². The Morgan fingerprint density at radius 1 is 1.35 bits per heavy atom. The predicted molar refractivity (Wildman–Crippen MR) is 65.1 cm³/mol. The van der Waals surface area contributed by atoms with E-state index >= 15 is 0 Å². The molecule has 0 aliphatic carbocycles. The van der Waals surface area contributed by atoms with Crippen molar-refractivity contribution in [1.82, 2.24) is 4.90 Å².